The lowest BCUT2D eigenvalue weighted by Crippen LogP contribution is -2.51. The molecule has 4 fully saturated rings. The zero-order chi connectivity index (χ0) is 15.2. The molecule has 0 radical (unpaired) electrons. The van der Waals surface area contributed by atoms with Crippen LogP contribution in [0.15, 0.2) is 0 Å². The number of aliphatic hydroxyl groups excluding tert-OH is 1. The highest BCUT2D eigenvalue weighted by molar-refractivity contribution is 5.80. The molecule has 124 valence electrons. The van der Waals surface area contributed by atoms with E-state index in [4.69, 9.17) is 4.74 Å². The second kappa shape index (κ2) is 5.77. The van der Waals surface area contributed by atoms with E-state index >= 15 is 0 Å². The van der Waals surface area contributed by atoms with Crippen molar-refractivity contribution < 1.29 is 14.6 Å². The number of carbonyl (C=O) groups excluding carboxylic acids is 1. The van der Waals surface area contributed by atoms with E-state index in [1.165, 1.54) is 25.9 Å². The van der Waals surface area contributed by atoms with E-state index in [9.17, 15) is 9.90 Å². The van der Waals surface area contributed by atoms with Crippen LogP contribution in [0.2, 0.25) is 0 Å². The van der Waals surface area contributed by atoms with E-state index in [2.05, 4.69) is 4.90 Å². The number of ether oxygens (including phenoxy) is 1. The smallest absolute Gasteiger partial charge is 0.225 e. The molecule has 0 aromatic carbocycles. The Morgan fingerprint density at radius 3 is 2.41 bits per heavy atom. The number of rotatable bonds is 2. The van der Waals surface area contributed by atoms with Gasteiger partial charge in [-0.2, -0.15) is 0 Å². The van der Waals surface area contributed by atoms with Gasteiger partial charge in [0, 0.05) is 25.0 Å². The van der Waals surface area contributed by atoms with Crippen molar-refractivity contribution in [3.05, 3.63) is 0 Å². The van der Waals surface area contributed by atoms with Crippen LogP contribution in [-0.2, 0) is 9.53 Å². The molecule has 1 saturated carbocycles. The molecule has 3 heterocycles. The number of hydrogen-bond acceptors (Lipinski definition) is 4. The molecule has 0 aromatic heterocycles. The molecule has 5 heteroatoms. The molecule has 5 nitrogen and oxygen atoms in total. The van der Waals surface area contributed by atoms with Crippen LogP contribution >= 0.6 is 0 Å². The maximum absolute atomic E-state index is 12.4. The summed E-state index contributed by atoms with van der Waals surface area (Å²) in [7, 11) is 0. The molecule has 1 N–H and O–H groups in total. The van der Waals surface area contributed by atoms with E-state index in [0.717, 1.165) is 39.0 Å². The third-order valence-electron chi connectivity index (χ3n) is 6.30. The minimum Gasteiger partial charge on any atom is -0.393 e. The van der Waals surface area contributed by atoms with Gasteiger partial charge in [0.2, 0.25) is 5.91 Å². The minimum atomic E-state index is -0.246. The zero-order valence-electron chi connectivity index (χ0n) is 13.4. The quantitative estimate of drug-likeness (QED) is 0.827. The van der Waals surface area contributed by atoms with Gasteiger partial charge in [0.25, 0.3) is 0 Å². The Balaban J connectivity index is 1.29. The molecule has 1 spiro atoms. The summed E-state index contributed by atoms with van der Waals surface area (Å²) < 4.78 is 6.23. The number of carbonyl (C=O) groups is 1. The molecule has 1 unspecified atom stereocenters. The first-order chi connectivity index (χ1) is 10.7. The fraction of sp³-hybridized carbons (Fsp3) is 0.941. The summed E-state index contributed by atoms with van der Waals surface area (Å²) in [5, 5.41) is 9.37. The third kappa shape index (κ3) is 2.68. The van der Waals surface area contributed by atoms with Gasteiger partial charge in [-0.3, -0.25) is 9.69 Å². The van der Waals surface area contributed by atoms with Crippen LogP contribution in [0.25, 0.3) is 0 Å². The van der Waals surface area contributed by atoms with Crippen LogP contribution in [0, 0.1) is 5.92 Å². The first-order valence-corrected chi connectivity index (χ1v) is 9.00. The topological polar surface area (TPSA) is 53.0 Å². The molecule has 3 saturated heterocycles. The Hall–Kier alpha value is -0.650. The van der Waals surface area contributed by atoms with Crippen molar-refractivity contribution in [2.45, 2.75) is 62.7 Å². The second-order valence-corrected chi connectivity index (χ2v) is 7.74. The lowest BCUT2D eigenvalue weighted by Gasteiger charge is -2.42. The summed E-state index contributed by atoms with van der Waals surface area (Å²) >= 11 is 0. The highest BCUT2D eigenvalue weighted by Crippen LogP contribution is 2.39. The number of aliphatic hydroxyl groups is 1. The fourth-order valence-electron chi connectivity index (χ4n) is 4.69. The molecule has 1 aliphatic carbocycles. The van der Waals surface area contributed by atoms with Gasteiger partial charge in [-0.15, -0.1) is 0 Å². The predicted octanol–water partition coefficient (Wildman–Crippen LogP) is 1.00. The van der Waals surface area contributed by atoms with Gasteiger partial charge in [-0.25, -0.2) is 0 Å². The lowest BCUT2D eigenvalue weighted by molar-refractivity contribution is -0.146. The van der Waals surface area contributed by atoms with Gasteiger partial charge in [-0.1, -0.05) is 0 Å². The van der Waals surface area contributed by atoms with Gasteiger partial charge in [0.15, 0.2) is 0 Å². The fourth-order valence-corrected chi connectivity index (χ4v) is 4.69. The van der Waals surface area contributed by atoms with Crippen LogP contribution in [0.1, 0.15) is 44.9 Å². The van der Waals surface area contributed by atoms with Crippen molar-refractivity contribution in [3.63, 3.8) is 0 Å². The summed E-state index contributed by atoms with van der Waals surface area (Å²) in [5.41, 5.74) is 0.0309. The van der Waals surface area contributed by atoms with E-state index in [1.807, 2.05) is 4.90 Å². The Morgan fingerprint density at radius 1 is 1.09 bits per heavy atom. The molecule has 3 aliphatic heterocycles. The molecule has 22 heavy (non-hydrogen) atoms. The van der Waals surface area contributed by atoms with Gasteiger partial charge >= 0.3 is 0 Å². The molecule has 4 aliphatic rings. The average Bonchev–Trinajstić information content (AvgIpc) is 3.14. The van der Waals surface area contributed by atoms with E-state index in [0.29, 0.717) is 18.9 Å². The second-order valence-electron chi connectivity index (χ2n) is 7.74. The normalized spacial score (nSPS) is 38.4. The number of hydrogen-bond donors (Lipinski definition) is 1. The summed E-state index contributed by atoms with van der Waals surface area (Å²) in [4.78, 5) is 17.0. The van der Waals surface area contributed by atoms with Crippen molar-refractivity contribution in [2.75, 3.05) is 32.8 Å². The SMILES string of the molecule is O=C(C1CC(O)C1)N1CCC2(CC1)CC(N1CCCC1)CO2. The van der Waals surface area contributed by atoms with Crippen LogP contribution in [0.4, 0.5) is 0 Å². The highest BCUT2D eigenvalue weighted by Gasteiger charge is 2.46. The zero-order valence-corrected chi connectivity index (χ0v) is 13.4. The number of piperidine rings is 1. The maximum Gasteiger partial charge on any atom is 0.225 e. The first-order valence-electron chi connectivity index (χ1n) is 9.00. The number of likely N-dealkylation sites (tertiary alicyclic amines) is 2. The Bertz CT molecular complexity index is 422. The lowest BCUT2D eigenvalue weighted by atomic mass is 9.80. The summed E-state index contributed by atoms with van der Waals surface area (Å²) in [6.45, 7) is 5.01. The molecular formula is C17H28N2O3. The number of amides is 1. The van der Waals surface area contributed by atoms with Gasteiger partial charge in [0.05, 0.1) is 18.3 Å². The van der Waals surface area contributed by atoms with Crippen LogP contribution in [0.3, 0.4) is 0 Å². The Labute approximate surface area is 132 Å². The molecule has 4 rings (SSSR count). The first kappa shape index (κ1) is 14.9. The average molecular weight is 308 g/mol. The summed E-state index contributed by atoms with van der Waals surface area (Å²) in [5.74, 6) is 0.333. The minimum absolute atomic E-state index is 0.0309. The van der Waals surface area contributed by atoms with E-state index < -0.39 is 0 Å². The van der Waals surface area contributed by atoms with Crippen LogP contribution < -0.4 is 0 Å². The Kier molecular flexibility index (Phi) is 3.91. The highest BCUT2D eigenvalue weighted by atomic mass is 16.5. The molecule has 0 aromatic rings. The van der Waals surface area contributed by atoms with Crippen LogP contribution in [-0.4, -0.2) is 71.3 Å². The van der Waals surface area contributed by atoms with Crippen LogP contribution in [0.5, 0.6) is 0 Å². The van der Waals surface area contributed by atoms with Crippen molar-refractivity contribution in [2.24, 2.45) is 5.92 Å². The van der Waals surface area contributed by atoms with E-state index in [1.54, 1.807) is 0 Å². The number of nitrogens with zero attached hydrogens (tertiary/aromatic N) is 2. The summed E-state index contributed by atoms with van der Waals surface area (Å²) in [6, 6.07) is 0.603. The van der Waals surface area contributed by atoms with E-state index in [-0.39, 0.29) is 23.5 Å². The Morgan fingerprint density at radius 2 is 1.77 bits per heavy atom. The van der Waals surface area contributed by atoms with Crippen molar-refractivity contribution in [1.29, 1.82) is 0 Å². The van der Waals surface area contributed by atoms with Gasteiger partial charge in [0.1, 0.15) is 0 Å². The van der Waals surface area contributed by atoms with Gasteiger partial charge < -0.3 is 14.7 Å². The maximum atomic E-state index is 12.4. The predicted molar refractivity (Wildman–Crippen MR) is 82.4 cm³/mol. The largest absolute Gasteiger partial charge is 0.393 e. The third-order valence-corrected chi connectivity index (χ3v) is 6.30. The van der Waals surface area contributed by atoms with Crippen molar-refractivity contribution in [1.82, 2.24) is 9.80 Å². The standard InChI is InChI=1S/C17H28N2O3/c20-15-9-13(10-15)16(21)19-7-3-17(4-8-19)11-14(12-22-17)18-5-1-2-6-18/h13-15,20H,1-12H2. The monoisotopic (exact) mass is 308 g/mol. The molecule has 1 amide bonds. The van der Waals surface area contributed by atoms with Gasteiger partial charge in [-0.05, 0) is 58.0 Å². The molecule has 1 atom stereocenters. The molecule has 0 bridgehead atoms. The molecular weight excluding hydrogens is 280 g/mol. The summed E-state index contributed by atoms with van der Waals surface area (Å²) in [6.07, 6.45) is 6.86. The van der Waals surface area contributed by atoms with Crippen molar-refractivity contribution in [3.8, 4) is 0 Å². The van der Waals surface area contributed by atoms with Crippen molar-refractivity contribution >= 4 is 5.91 Å².